The number of amides is 1. The van der Waals surface area contributed by atoms with Gasteiger partial charge in [-0.2, -0.15) is 0 Å². The quantitative estimate of drug-likeness (QED) is 0.196. The summed E-state index contributed by atoms with van der Waals surface area (Å²) in [4.78, 5) is 12.2. The highest BCUT2D eigenvalue weighted by Crippen LogP contribution is 2.40. The predicted octanol–water partition coefficient (Wildman–Crippen LogP) is 7.41. The summed E-state index contributed by atoms with van der Waals surface area (Å²) in [6.45, 7) is 2.41. The first-order valence-corrected chi connectivity index (χ1v) is 12.0. The van der Waals surface area contributed by atoms with Crippen LogP contribution in [0.2, 0.25) is 0 Å². The molecule has 0 fully saturated rings. The number of ether oxygens (including phenoxy) is 2. The Hall–Kier alpha value is -3.89. The molecule has 0 radical (unpaired) electrons. The SMILES string of the molecule is C[C@H](CCCOC(c1ccccc1)(c1ccccc1)c1ccccc1)OC(=O)Nc1ccccc1. The number of para-hydroxylation sites is 1. The first-order chi connectivity index (χ1) is 17.2. The van der Waals surface area contributed by atoms with Crippen LogP contribution in [0.1, 0.15) is 36.5 Å². The second kappa shape index (κ2) is 12.0. The summed E-state index contributed by atoms with van der Waals surface area (Å²) in [6.07, 6.45) is 0.753. The van der Waals surface area contributed by atoms with Gasteiger partial charge in [0, 0.05) is 12.3 Å². The van der Waals surface area contributed by atoms with E-state index in [9.17, 15) is 4.79 Å². The molecule has 1 N–H and O–H groups in total. The van der Waals surface area contributed by atoms with Gasteiger partial charge >= 0.3 is 6.09 Å². The highest BCUT2D eigenvalue weighted by molar-refractivity contribution is 5.84. The number of anilines is 1. The van der Waals surface area contributed by atoms with Crippen LogP contribution in [0.5, 0.6) is 0 Å². The molecule has 0 heterocycles. The van der Waals surface area contributed by atoms with Crippen LogP contribution in [-0.4, -0.2) is 18.8 Å². The molecule has 1 atom stereocenters. The van der Waals surface area contributed by atoms with Gasteiger partial charge < -0.3 is 9.47 Å². The number of hydrogen-bond acceptors (Lipinski definition) is 3. The molecule has 0 saturated heterocycles. The molecular formula is C31H31NO3. The molecule has 0 aliphatic rings. The average Bonchev–Trinajstić information content (AvgIpc) is 2.91. The summed E-state index contributed by atoms with van der Waals surface area (Å²) in [6, 6.07) is 40.3. The van der Waals surface area contributed by atoms with Crippen molar-refractivity contribution in [3.63, 3.8) is 0 Å². The molecule has 0 unspecified atom stereocenters. The van der Waals surface area contributed by atoms with Gasteiger partial charge in [0.2, 0.25) is 0 Å². The van der Waals surface area contributed by atoms with Crippen LogP contribution in [0, 0.1) is 0 Å². The van der Waals surface area contributed by atoms with Crippen LogP contribution in [0.15, 0.2) is 121 Å². The molecule has 4 aromatic carbocycles. The molecule has 178 valence electrons. The first kappa shape index (κ1) is 24.2. The summed E-state index contributed by atoms with van der Waals surface area (Å²) < 4.78 is 12.3. The zero-order chi connectivity index (χ0) is 24.3. The number of carbonyl (C=O) groups is 1. The van der Waals surface area contributed by atoms with E-state index in [1.54, 1.807) is 0 Å². The number of benzene rings is 4. The Labute approximate surface area is 207 Å². The minimum Gasteiger partial charge on any atom is -0.446 e. The maximum absolute atomic E-state index is 12.2. The largest absolute Gasteiger partial charge is 0.446 e. The maximum atomic E-state index is 12.2. The summed E-state index contributed by atoms with van der Waals surface area (Å²) in [5.74, 6) is 0. The summed E-state index contributed by atoms with van der Waals surface area (Å²) in [5.41, 5.74) is 3.20. The molecule has 4 rings (SSSR count). The Morgan fingerprint density at radius 2 is 1.14 bits per heavy atom. The van der Waals surface area contributed by atoms with E-state index in [2.05, 4.69) is 41.7 Å². The topological polar surface area (TPSA) is 47.6 Å². The zero-order valence-corrected chi connectivity index (χ0v) is 20.0. The third-order valence-electron chi connectivity index (χ3n) is 5.94. The predicted molar refractivity (Wildman–Crippen MR) is 140 cm³/mol. The number of carbonyl (C=O) groups excluding carboxylic acids is 1. The van der Waals surface area contributed by atoms with Crippen LogP contribution in [-0.2, 0) is 15.1 Å². The number of hydrogen-bond donors (Lipinski definition) is 1. The van der Waals surface area contributed by atoms with Crippen molar-refractivity contribution in [2.75, 3.05) is 11.9 Å². The Kier molecular flexibility index (Phi) is 8.31. The second-order valence-corrected chi connectivity index (χ2v) is 8.48. The molecule has 0 aliphatic heterocycles. The summed E-state index contributed by atoms with van der Waals surface area (Å²) >= 11 is 0. The Balaban J connectivity index is 1.46. The molecule has 0 aromatic heterocycles. The Morgan fingerprint density at radius 1 is 0.714 bits per heavy atom. The van der Waals surface area contributed by atoms with Crippen molar-refractivity contribution in [2.24, 2.45) is 0 Å². The van der Waals surface area contributed by atoms with E-state index in [1.807, 2.05) is 91.9 Å². The van der Waals surface area contributed by atoms with E-state index in [-0.39, 0.29) is 6.10 Å². The van der Waals surface area contributed by atoms with Gasteiger partial charge in [-0.3, -0.25) is 5.32 Å². The fourth-order valence-electron chi connectivity index (χ4n) is 4.28. The van der Waals surface area contributed by atoms with Gasteiger partial charge in [0.1, 0.15) is 11.7 Å². The normalized spacial score (nSPS) is 12.0. The molecule has 35 heavy (non-hydrogen) atoms. The standard InChI is InChI=1S/C31H31NO3/c1-25(35-30(33)32-29-22-12-5-13-23-29)15-14-24-34-31(26-16-6-2-7-17-26,27-18-8-3-9-19-27)28-20-10-4-11-21-28/h2-13,16-23,25H,14-15,24H2,1H3,(H,32,33)/t25-/m1/s1. The average molecular weight is 466 g/mol. The summed E-state index contributed by atoms with van der Waals surface area (Å²) in [7, 11) is 0. The van der Waals surface area contributed by atoms with Crippen molar-refractivity contribution in [3.05, 3.63) is 138 Å². The van der Waals surface area contributed by atoms with Gasteiger partial charge in [-0.25, -0.2) is 4.79 Å². The van der Waals surface area contributed by atoms with Crippen LogP contribution < -0.4 is 5.32 Å². The van der Waals surface area contributed by atoms with Crippen LogP contribution in [0.3, 0.4) is 0 Å². The minimum atomic E-state index is -0.738. The van der Waals surface area contributed by atoms with Crippen molar-refractivity contribution in [1.82, 2.24) is 0 Å². The molecule has 4 heteroatoms. The van der Waals surface area contributed by atoms with Crippen LogP contribution in [0.4, 0.5) is 10.5 Å². The molecule has 0 spiro atoms. The third-order valence-corrected chi connectivity index (χ3v) is 5.94. The molecule has 4 aromatic rings. The van der Waals surface area contributed by atoms with E-state index in [0.29, 0.717) is 18.7 Å². The molecule has 0 aliphatic carbocycles. The number of rotatable bonds is 10. The first-order valence-electron chi connectivity index (χ1n) is 12.0. The van der Waals surface area contributed by atoms with E-state index in [0.717, 1.165) is 23.1 Å². The van der Waals surface area contributed by atoms with Crippen molar-refractivity contribution in [3.8, 4) is 0 Å². The molecular weight excluding hydrogens is 434 g/mol. The molecule has 1 amide bonds. The summed E-state index contributed by atoms with van der Waals surface area (Å²) in [5, 5.41) is 2.76. The zero-order valence-electron chi connectivity index (χ0n) is 20.0. The second-order valence-electron chi connectivity index (χ2n) is 8.48. The minimum absolute atomic E-state index is 0.234. The van der Waals surface area contributed by atoms with Crippen molar-refractivity contribution < 1.29 is 14.3 Å². The smallest absolute Gasteiger partial charge is 0.411 e. The lowest BCUT2D eigenvalue weighted by Crippen LogP contribution is -2.33. The van der Waals surface area contributed by atoms with E-state index >= 15 is 0 Å². The fraction of sp³-hybridized carbons (Fsp3) is 0.194. The van der Waals surface area contributed by atoms with E-state index < -0.39 is 11.7 Å². The van der Waals surface area contributed by atoms with Gasteiger partial charge in [-0.15, -0.1) is 0 Å². The molecule has 0 bridgehead atoms. The maximum Gasteiger partial charge on any atom is 0.411 e. The highest BCUT2D eigenvalue weighted by atomic mass is 16.6. The van der Waals surface area contributed by atoms with Crippen molar-refractivity contribution >= 4 is 11.8 Å². The lowest BCUT2D eigenvalue weighted by molar-refractivity contribution is 0.00602. The van der Waals surface area contributed by atoms with E-state index in [4.69, 9.17) is 9.47 Å². The third kappa shape index (κ3) is 6.17. The van der Waals surface area contributed by atoms with Gasteiger partial charge in [0.25, 0.3) is 0 Å². The van der Waals surface area contributed by atoms with Gasteiger partial charge in [0.15, 0.2) is 0 Å². The van der Waals surface area contributed by atoms with Crippen molar-refractivity contribution in [2.45, 2.75) is 31.5 Å². The van der Waals surface area contributed by atoms with Gasteiger partial charge in [0.05, 0.1) is 0 Å². The lowest BCUT2D eigenvalue weighted by atomic mass is 9.80. The highest BCUT2D eigenvalue weighted by Gasteiger charge is 2.37. The van der Waals surface area contributed by atoms with Gasteiger partial charge in [-0.05, 0) is 48.6 Å². The Bertz CT molecular complexity index is 1070. The Morgan fingerprint density at radius 3 is 1.60 bits per heavy atom. The fourth-order valence-corrected chi connectivity index (χ4v) is 4.28. The van der Waals surface area contributed by atoms with Gasteiger partial charge in [-0.1, -0.05) is 109 Å². The lowest BCUT2D eigenvalue weighted by Gasteiger charge is -2.36. The van der Waals surface area contributed by atoms with Crippen LogP contribution in [0.25, 0.3) is 0 Å². The molecule has 4 nitrogen and oxygen atoms in total. The van der Waals surface area contributed by atoms with E-state index in [1.165, 1.54) is 0 Å². The molecule has 0 saturated carbocycles. The number of nitrogens with one attached hydrogen (secondary N) is 1. The van der Waals surface area contributed by atoms with Crippen molar-refractivity contribution in [1.29, 1.82) is 0 Å². The monoisotopic (exact) mass is 465 g/mol. The van der Waals surface area contributed by atoms with Crippen LogP contribution >= 0.6 is 0 Å².